The third-order valence-electron chi connectivity index (χ3n) is 3.73. The molecule has 0 saturated heterocycles. The van der Waals surface area contributed by atoms with Crippen LogP contribution in [0.15, 0.2) is 0 Å². The Labute approximate surface area is 91.8 Å². The summed E-state index contributed by atoms with van der Waals surface area (Å²) < 4.78 is 4.65. The molecule has 0 atom stereocenters. The van der Waals surface area contributed by atoms with Crippen molar-refractivity contribution in [3.8, 4) is 0 Å². The van der Waals surface area contributed by atoms with Crippen LogP contribution in [0.5, 0.6) is 0 Å². The molecule has 1 saturated carbocycles. The van der Waals surface area contributed by atoms with Gasteiger partial charge in [0.15, 0.2) is 0 Å². The number of carbonyl (C=O) groups is 1. The number of carbonyl (C=O) groups excluding carboxylic acids is 1. The predicted molar refractivity (Wildman–Crippen MR) is 58.4 cm³/mol. The van der Waals surface area contributed by atoms with Crippen LogP contribution in [-0.2, 0) is 9.53 Å². The molecule has 3 heteroatoms. The zero-order chi connectivity index (χ0) is 11.5. The number of ether oxygens (including phenoxy) is 1. The Morgan fingerprint density at radius 3 is 2.40 bits per heavy atom. The fourth-order valence-corrected chi connectivity index (χ4v) is 2.28. The number of methoxy groups -OCH3 is 1. The highest BCUT2D eigenvalue weighted by Crippen LogP contribution is 2.38. The second-order valence-corrected chi connectivity index (χ2v) is 4.98. The molecule has 0 aromatic rings. The van der Waals surface area contributed by atoms with E-state index in [-0.39, 0.29) is 5.97 Å². The van der Waals surface area contributed by atoms with E-state index in [0.29, 0.717) is 18.3 Å². The lowest BCUT2D eigenvalue weighted by Gasteiger charge is -2.38. The van der Waals surface area contributed by atoms with Crippen molar-refractivity contribution in [3.05, 3.63) is 0 Å². The SMILES string of the molecule is COC(=O)C[C@H]1CC[C@](O)(C(C)C)CC1. The van der Waals surface area contributed by atoms with Crippen molar-refractivity contribution < 1.29 is 14.6 Å². The first-order chi connectivity index (χ1) is 6.98. The average molecular weight is 214 g/mol. The van der Waals surface area contributed by atoms with Crippen molar-refractivity contribution in [2.24, 2.45) is 11.8 Å². The summed E-state index contributed by atoms with van der Waals surface area (Å²) in [5.74, 6) is 0.572. The third-order valence-corrected chi connectivity index (χ3v) is 3.73. The number of hydrogen-bond donors (Lipinski definition) is 1. The van der Waals surface area contributed by atoms with Crippen molar-refractivity contribution in [2.75, 3.05) is 7.11 Å². The minimum atomic E-state index is -0.507. The highest BCUT2D eigenvalue weighted by Gasteiger charge is 2.36. The van der Waals surface area contributed by atoms with Crippen molar-refractivity contribution in [1.29, 1.82) is 0 Å². The number of aliphatic hydroxyl groups is 1. The monoisotopic (exact) mass is 214 g/mol. The van der Waals surface area contributed by atoms with E-state index < -0.39 is 5.60 Å². The molecule has 1 rings (SSSR count). The molecule has 0 bridgehead atoms. The summed E-state index contributed by atoms with van der Waals surface area (Å²) >= 11 is 0. The van der Waals surface area contributed by atoms with Gasteiger partial charge in [-0.15, -0.1) is 0 Å². The van der Waals surface area contributed by atoms with Gasteiger partial charge < -0.3 is 9.84 Å². The molecule has 0 heterocycles. The smallest absolute Gasteiger partial charge is 0.305 e. The first-order valence-corrected chi connectivity index (χ1v) is 5.77. The molecular weight excluding hydrogens is 192 g/mol. The van der Waals surface area contributed by atoms with E-state index in [9.17, 15) is 9.90 Å². The first kappa shape index (κ1) is 12.5. The summed E-state index contributed by atoms with van der Waals surface area (Å²) in [4.78, 5) is 11.1. The van der Waals surface area contributed by atoms with Crippen LogP contribution >= 0.6 is 0 Å². The lowest BCUT2D eigenvalue weighted by Crippen LogP contribution is -2.39. The van der Waals surface area contributed by atoms with Crippen LogP contribution in [-0.4, -0.2) is 23.8 Å². The van der Waals surface area contributed by atoms with E-state index in [0.717, 1.165) is 25.7 Å². The maximum atomic E-state index is 11.1. The summed E-state index contributed by atoms with van der Waals surface area (Å²) in [5, 5.41) is 10.2. The Morgan fingerprint density at radius 2 is 2.00 bits per heavy atom. The van der Waals surface area contributed by atoms with Crippen LogP contribution < -0.4 is 0 Å². The van der Waals surface area contributed by atoms with E-state index in [1.54, 1.807) is 0 Å². The van der Waals surface area contributed by atoms with Crippen molar-refractivity contribution in [2.45, 2.75) is 51.6 Å². The number of hydrogen-bond acceptors (Lipinski definition) is 3. The molecule has 1 N–H and O–H groups in total. The summed E-state index contributed by atoms with van der Waals surface area (Å²) in [6, 6.07) is 0. The second kappa shape index (κ2) is 4.97. The van der Waals surface area contributed by atoms with Gasteiger partial charge in [0.2, 0.25) is 0 Å². The second-order valence-electron chi connectivity index (χ2n) is 4.98. The molecule has 0 radical (unpaired) electrons. The highest BCUT2D eigenvalue weighted by molar-refractivity contribution is 5.69. The lowest BCUT2D eigenvalue weighted by molar-refractivity contribution is -0.142. The maximum absolute atomic E-state index is 11.1. The molecule has 15 heavy (non-hydrogen) atoms. The van der Waals surface area contributed by atoms with E-state index in [4.69, 9.17) is 0 Å². The van der Waals surface area contributed by atoms with E-state index in [2.05, 4.69) is 18.6 Å². The van der Waals surface area contributed by atoms with Gasteiger partial charge in [-0.3, -0.25) is 4.79 Å². The van der Waals surface area contributed by atoms with Crippen LogP contribution in [0.1, 0.15) is 46.0 Å². The summed E-state index contributed by atoms with van der Waals surface area (Å²) in [5.41, 5.74) is -0.507. The van der Waals surface area contributed by atoms with E-state index in [1.807, 2.05) is 0 Å². The van der Waals surface area contributed by atoms with Crippen LogP contribution in [0.25, 0.3) is 0 Å². The zero-order valence-corrected chi connectivity index (χ0v) is 9.95. The first-order valence-electron chi connectivity index (χ1n) is 5.77. The molecule has 0 unspecified atom stereocenters. The van der Waals surface area contributed by atoms with Crippen molar-refractivity contribution in [1.82, 2.24) is 0 Å². The fraction of sp³-hybridized carbons (Fsp3) is 0.917. The van der Waals surface area contributed by atoms with Gasteiger partial charge in [0, 0.05) is 6.42 Å². The van der Waals surface area contributed by atoms with Gasteiger partial charge in [-0.1, -0.05) is 13.8 Å². The summed E-state index contributed by atoms with van der Waals surface area (Å²) in [6.07, 6.45) is 4.00. The van der Waals surface area contributed by atoms with Gasteiger partial charge in [0.1, 0.15) is 0 Å². The topological polar surface area (TPSA) is 46.5 Å². The standard InChI is InChI=1S/C12H22O3/c1-9(2)12(14)6-4-10(5-7-12)8-11(13)15-3/h9-10,14H,4-8H2,1-3H3/t10-,12+. The molecular formula is C12H22O3. The van der Waals surface area contributed by atoms with Gasteiger partial charge in [-0.25, -0.2) is 0 Å². The average Bonchev–Trinajstić information content (AvgIpc) is 2.21. The quantitative estimate of drug-likeness (QED) is 0.732. The van der Waals surface area contributed by atoms with Crippen LogP contribution in [0, 0.1) is 11.8 Å². The van der Waals surface area contributed by atoms with Gasteiger partial charge >= 0.3 is 5.97 Å². The van der Waals surface area contributed by atoms with Crippen LogP contribution in [0.4, 0.5) is 0 Å². The Morgan fingerprint density at radius 1 is 1.47 bits per heavy atom. The lowest BCUT2D eigenvalue weighted by atomic mass is 9.72. The molecule has 0 aromatic carbocycles. The van der Waals surface area contributed by atoms with Gasteiger partial charge in [-0.05, 0) is 37.5 Å². The van der Waals surface area contributed by atoms with Gasteiger partial charge in [0.05, 0.1) is 12.7 Å². The minimum absolute atomic E-state index is 0.130. The van der Waals surface area contributed by atoms with Crippen molar-refractivity contribution in [3.63, 3.8) is 0 Å². The summed E-state index contributed by atoms with van der Waals surface area (Å²) in [7, 11) is 1.43. The van der Waals surface area contributed by atoms with Crippen LogP contribution in [0.2, 0.25) is 0 Å². The molecule has 1 aliphatic rings. The molecule has 3 nitrogen and oxygen atoms in total. The zero-order valence-electron chi connectivity index (χ0n) is 9.95. The Bertz CT molecular complexity index is 215. The third kappa shape index (κ3) is 3.20. The molecule has 1 fully saturated rings. The molecule has 0 aromatic heterocycles. The van der Waals surface area contributed by atoms with Crippen molar-refractivity contribution >= 4 is 5.97 Å². The van der Waals surface area contributed by atoms with Crippen LogP contribution in [0.3, 0.4) is 0 Å². The van der Waals surface area contributed by atoms with E-state index in [1.165, 1.54) is 7.11 Å². The Hall–Kier alpha value is -0.570. The number of esters is 1. The number of rotatable bonds is 3. The minimum Gasteiger partial charge on any atom is -0.469 e. The Kier molecular flexibility index (Phi) is 4.14. The molecule has 1 aliphatic carbocycles. The van der Waals surface area contributed by atoms with Gasteiger partial charge in [-0.2, -0.15) is 0 Å². The molecule has 0 aliphatic heterocycles. The largest absolute Gasteiger partial charge is 0.469 e. The Balaban J connectivity index is 2.39. The molecule has 88 valence electrons. The predicted octanol–water partition coefficient (Wildman–Crippen LogP) is 2.13. The molecule has 0 amide bonds. The highest BCUT2D eigenvalue weighted by atomic mass is 16.5. The van der Waals surface area contributed by atoms with Gasteiger partial charge in [0.25, 0.3) is 0 Å². The normalized spacial score (nSPS) is 31.7. The molecule has 0 spiro atoms. The maximum Gasteiger partial charge on any atom is 0.305 e. The summed E-state index contributed by atoms with van der Waals surface area (Å²) in [6.45, 7) is 4.11. The van der Waals surface area contributed by atoms with E-state index >= 15 is 0 Å². The fourth-order valence-electron chi connectivity index (χ4n) is 2.28.